The van der Waals surface area contributed by atoms with Crippen LogP contribution in [-0.2, 0) is 6.54 Å². The van der Waals surface area contributed by atoms with E-state index >= 15 is 0 Å². The lowest BCUT2D eigenvalue weighted by atomic mass is 9.98. The van der Waals surface area contributed by atoms with Crippen molar-refractivity contribution in [1.82, 2.24) is 19.5 Å². The van der Waals surface area contributed by atoms with Crippen molar-refractivity contribution in [3.63, 3.8) is 0 Å². The lowest BCUT2D eigenvalue weighted by molar-refractivity contribution is 0.514. The fourth-order valence-corrected chi connectivity index (χ4v) is 3.08. The number of nitrogens with one attached hydrogen (secondary N) is 2. The SMILES string of the molecule is CCn1c(=O)[nH]c(=O)c2[nH]c(C3CCCC3C)nc21. The Labute approximate surface area is 109 Å². The molecule has 2 N–H and O–H groups in total. The Bertz CT molecular complexity index is 724. The van der Waals surface area contributed by atoms with Crippen LogP contribution < -0.4 is 11.2 Å². The lowest BCUT2D eigenvalue weighted by Crippen LogP contribution is -2.29. The highest BCUT2D eigenvalue weighted by atomic mass is 16.2. The molecule has 3 rings (SSSR count). The van der Waals surface area contributed by atoms with E-state index in [9.17, 15) is 9.59 Å². The van der Waals surface area contributed by atoms with E-state index in [1.165, 1.54) is 17.4 Å². The van der Waals surface area contributed by atoms with Crippen LogP contribution in [0, 0.1) is 5.92 Å². The van der Waals surface area contributed by atoms with Gasteiger partial charge in [0, 0.05) is 12.5 Å². The first-order chi connectivity index (χ1) is 9.11. The first-order valence-corrected chi connectivity index (χ1v) is 6.84. The highest BCUT2D eigenvalue weighted by Crippen LogP contribution is 2.38. The lowest BCUT2D eigenvalue weighted by Gasteiger charge is -2.11. The molecular formula is C13H18N4O2. The van der Waals surface area contributed by atoms with Gasteiger partial charge in [0.05, 0.1) is 0 Å². The molecule has 1 aliphatic carbocycles. The van der Waals surface area contributed by atoms with E-state index in [2.05, 4.69) is 21.9 Å². The predicted molar refractivity (Wildman–Crippen MR) is 72.4 cm³/mol. The Morgan fingerprint density at radius 1 is 1.32 bits per heavy atom. The van der Waals surface area contributed by atoms with Crippen LogP contribution in [0.1, 0.15) is 44.9 Å². The molecule has 0 bridgehead atoms. The maximum atomic E-state index is 11.8. The molecule has 1 aliphatic rings. The minimum Gasteiger partial charge on any atom is -0.336 e. The first-order valence-electron chi connectivity index (χ1n) is 6.84. The Morgan fingerprint density at radius 3 is 2.74 bits per heavy atom. The van der Waals surface area contributed by atoms with Crippen molar-refractivity contribution in [2.45, 2.75) is 45.6 Å². The molecule has 6 heteroatoms. The normalized spacial score (nSPS) is 23.3. The highest BCUT2D eigenvalue weighted by molar-refractivity contribution is 5.69. The molecule has 2 atom stereocenters. The minimum absolute atomic E-state index is 0.368. The summed E-state index contributed by atoms with van der Waals surface area (Å²) in [7, 11) is 0. The molecule has 2 unspecified atom stereocenters. The number of aromatic nitrogens is 4. The van der Waals surface area contributed by atoms with Crippen LogP contribution in [0.4, 0.5) is 0 Å². The number of imidazole rings is 1. The van der Waals surface area contributed by atoms with Crippen molar-refractivity contribution in [2.24, 2.45) is 5.92 Å². The number of rotatable bonds is 2. The average Bonchev–Trinajstić information content (AvgIpc) is 2.95. The second kappa shape index (κ2) is 4.36. The van der Waals surface area contributed by atoms with Gasteiger partial charge >= 0.3 is 5.69 Å². The van der Waals surface area contributed by atoms with E-state index in [0.717, 1.165) is 12.2 Å². The first kappa shape index (κ1) is 12.2. The van der Waals surface area contributed by atoms with Crippen molar-refractivity contribution < 1.29 is 0 Å². The number of aromatic amines is 2. The van der Waals surface area contributed by atoms with Gasteiger partial charge in [-0.25, -0.2) is 9.78 Å². The zero-order valence-electron chi connectivity index (χ0n) is 11.2. The quantitative estimate of drug-likeness (QED) is 0.856. The largest absolute Gasteiger partial charge is 0.336 e. The average molecular weight is 262 g/mol. The molecule has 0 saturated heterocycles. The second-order valence-electron chi connectivity index (χ2n) is 5.34. The van der Waals surface area contributed by atoms with Crippen molar-refractivity contribution in [2.75, 3.05) is 0 Å². The van der Waals surface area contributed by atoms with Crippen molar-refractivity contribution in [3.05, 3.63) is 26.7 Å². The van der Waals surface area contributed by atoms with Gasteiger partial charge in [0.1, 0.15) is 11.3 Å². The molecule has 0 amide bonds. The van der Waals surface area contributed by atoms with E-state index in [1.807, 2.05) is 6.92 Å². The Balaban J connectivity index is 2.23. The molecular weight excluding hydrogens is 244 g/mol. The Hall–Kier alpha value is -1.85. The third-order valence-electron chi connectivity index (χ3n) is 4.18. The molecule has 0 radical (unpaired) electrons. The smallest absolute Gasteiger partial charge is 0.330 e. The molecule has 19 heavy (non-hydrogen) atoms. The summed E-state index contributed by atoms with van der Waals surface area (Å²) in [6.45, 7) is 4.57. The van der Waals surface area contributed by atoms with E-state index in [4.69, 9.17) is 0 Å². The number of H-pyrrole nitrogens is 2. The minimum atomic E-state index is -0.391. The van der Waals surface area contributed by atoms with Gasteiger partial charge in [0.2, 0.25) is 0 Å². The molecule has 0 spiro atoms. The van der Waals surface area contributed by atoms with Crippen LogP contribution >= 0.6 is 0 Å². The maximum absolute atomic E-state index is 11.8. The summed E-state index contributed by atoms with van der Waals surface area (Å²) in [5.41, 5.74) is 0.118. The topological polar surface area (TPSA) is 83.5 Å². The van der Waals surface area contributed by atoms with Crippen molar-refractivity contribution in [3.8, 4) is 0 Å². The summed E-state index contributed by atoms with van der Waals surface area (Å²) in [4.78, 5) is 33.5. The van der Waals surface area contributed by atoms with Gasteiger partial charge in [-0.1, -0.05) is 13.3 Å². The molecule has 1 fully saturated rings. The van der Waals surface area contributed by atoms with Gasteiger partial charge in [-0.05, 0) is 25.7 Å². The maximum Gasteiger partial charge on any atom is 0.330 e. The Kier molecular flexibility index (Phi) is 2.80. The van der Waals surface area contributed by atoms with E-state index < -0.39 is 5.69 Å². The van der Waals surface area contributed by atoms with Crippen LogP contribution in [0.5, 0.6) is 0 Å². The van der Waals surface area contributed by atoms with Crippen LogP contribution in [0.15, 0.2) is 9.59 Å². The third-order valence-corrected chi connectivity index (χ3v) is 4.18. The van der Waals surface area contributed by atoms with E-state index in [0.29, 0.717) is 29.5 Å². The fraction of sp³-hybridized carbons (Fsp3) is 0.615. The molecule has 1 saturated carbocycles. The third kappa shape index (κ3) is 1.82. The molecule has 2 heterocycles. The summed E-state index contributed by atoms with van der Waals surface area (Å²) in [5, 5.41) is 0. The van der Waals surface area contributed by atoms with Crippen molar-refractivity contribution in [1.29, 1.82) is 0 Å². The second-order valence-corrected chi connectivity index (χ2v) is 5.34. The summed E-state index contributed by atoms with van der Waals surface area (Å²) in [6.07, 6.45) is 3.48. The number of aryl methyl sites for hydroxylation is 1. The van der Waals surface area contributed by atoms with Gasteiger partial charge in [-0.3, -0.25) is 14.3 Å². The Morgan fingerprint density at radius 2 is 2.11 bits per heavy atom. The monoisotopic (exact) mass is 262 g/mol. The zero-order valence-corrected chi connectivity index (χ0v) is 11.2. The van der Waals surface area contributed by atoms with Gasteiger partial charge < -0.3 is 4.98 Å². The van der Waals surface area contributed by atoms with Crippen LogP contribution in [-0.4, -0.2) is 19.5 Å². The summed E-state index contributed by atoms with van der Waals surface area (Å²) < 4.78 is 1.50. The molecule has 6 nitrogen and oxygen atoms in total. The standard InChI is InChI=1S/C13H18N4O2/c1-3-17-11-9(12(18)16-13(17)19)14-10(15-11)8-6-4-5-7(8)2/h7-8H,3-6H2,1-2H3,(H,14,15)(H,16,18,19). The van der Waals surface area contributed by atoms with E-state index in [1.54, 1.807) is 0 Å². The predicted octanol–water partition coefficient (Wildman–Crippen LogP) is 1.34. The molecule has 0 aromatic carbocycles. The number of hydrogen-bond acceptors (Lipinski definition) is 3. The van der Waals surface area contributed by atoms with Gasteiger partial charge in [0.15, 0.2) is 5.65 Å². The van der Waals surface area contributed by atoms with Crippen LogP contribution in [0.2, 0.25) is 0 Å². The number of fused-ring (bicyclic) bond motifs is 1. The summed E-state index contributed by atoms with van der Waals surface area (Å²) in [6, 6.07) is 0. The van der Waals surface area contributed by atoms with Crippen LogP contribution in [0.3, 0.4) is 0 Å². The molecule has 2 aromatic heterocycles. The number of nitrogens with zero attached hydrogens (tertiary/aromatic N) is 2. The molecule has 2 aromatic rings. The fourth-order valence-electron chi connectivity index (χ4n) is 3.08. The zero-order chi connectivity index (χ0) is 13.6. The van der Waals surface area contributed by atoms with E-state index in [-0.39, 0.29) is 5.56 Å². The van der Waals surface area contributed by atoms with Crippen LogP contribution in [0.25, 0.3) is 11.2 Å². The van der Waals surface area contributed by atoms with Crippen molar-refractivity contribution >= 4 is 11.2 Å². The van der Waals surface area contributed by atoms with Gasteiger partial charge in [-0.15, -0.1) is 0 Å². The number of hydrogen-bond donors (Lipinski definition) is 2. The van der Waals surface area contributed by atoms with Gasteiger partial charge in [0.25, 0.3) is 5.56 Å². The van der Waals surface area contributed by atoms with Gasteiger partial charge in [-0.2, -0.15) is 0 Å². The summed E-state index contributed by atoms with van der Waals surface area (Å²) >= 11 is 0. The molecule has 102 valence electrons. The summed E-state index contributed by atoms with van der Waals surface area (Å²) in [5.74, 6) is 1.78. The molecule has 0 aliphatic heterocycles. The highest BCUT2D eigenvalue weighted by Gasteiger charge is 2.28.